The molecule has 0 saturated heterocycles. The maximum Gasteiger partial charge on any atom is 0.338 e. The number of fused-ring (bicyclic) bond motifs is 1. The number of esters is 1. The lowest BCUT2D eigenvalue weighted by Crippen LogP contribution is -2.39. The topological polar surface area (TPSA) is 109 Å². The smallest absolute Gasteiger partial charge is 0.338 e. The van der Waals surface area contributed by atoms with E-state index in [1.54, 1.807) is 42.3 Å². The van der Waals surface area contributed by atoms with Gasteiger partial charge in [0.05, 0.1) is 44.8 Å². The number of ether oxygens (including phenoxy) is 1. The number of non-ortho nitro benzene ring substituents is 1. The number of aromatic nitrogens is 2. The molecule has 0 saturated carbocycles. The Hall–Kier alpha value is -5.78. The number of allylic oxidation sites excluding steroid dienone is 1. The van der Waals surface area contributed by atoms with Crippen molar-refractivity contribution in [2.75, 3.05) is 12.9 Å². The quantitative estimate of drug-likeness (QED) is 0.0663. The largest absolute Gasteiger partial charge is 0.463 e. The molecule has 1 aliphatic heterocycles. The molecule has 2 aromatic heterocycles. The molecule has 0 spiro atoms. The zero-order valence-electron chi connectivity index (χ0n) is 28.0. The molecule has 254 valence electrons. The minimum absolute atomic E-state index is 0.00937. The summed E-state index contributed by atoms with van der Waals surface area (Å²) in [6, 6.07) is 35.3. The second-order valence-corrected chi connectivity index (χ2v) is 13.6. The van der Waals surface area contributed by atoms with Crippen molar-refractivity contribution in [1.82, 2.24) is 9.13 Å². The van der Waals surface area contributed by atoms with E-state index in [1.165, 1.54) is 23.5 Å². The normalized spacial score (nSPS) is 14.3. The summed E-state index contributed by atoms with van der Waals surface area (Å²) in [6.45, 7) is 3.72. The number of nitro groups is 1. The van der Waals surface area contributed by atoms with E-state index in [0.29, 0.717) is 20.6 Å². The fourth-order valence-corrected chi connectivity index (χ4v) is 7.82. The Balaban J connectivity index is 1.49. The molecular formula is C40H32N4O5S2. The van der Waals surface area contributed by atoms with Gasteiger partial charge in [-0.25, -0.2) is 9.79 Å². The van der Waals surface area contributed by atoms with Crippen molar-refractivity contribution in [3.05, 3.63) is 167 Å². The molecule has 7 rings (SSSR count). The summed E-state index contributed by atoms with van der Waals surface area (Å²) in [7, 11) is 0. The Labute approximate surface area is 301 Å². The Morgan fingerprint density at radius 2 is 1.61 bits per heavy atom. The Morgan fingerprint density at radius 3 is 2.22 bits per heavy atom. The molecule has 51 heavy (non-hydrogen) atoms. The van der Waals surface area contributed by atoms with Crippen LogP contribution in [-0.4, -0.2) is 32.9 Å². The molecule has 0 fully saturated rings. The van der Waals surface area contributed by atoms with Crippen LogP contribution in [0.4, 0.5) is 5.69 Å². The molecular weight excluding hydrogens is 681 g/mol. The van der Waals surface area contributed by atoms with Crippen LogP contribution < -0.4 is 14.9 Å². The van der Waals surface area contributed by atoms with Gasteiger partial charge in [-0.2, -0.15) is 0 Å². The standard InChI is InChI=1S/C40H32N4O5S2/c1-4-49-39(46)35-25(2)41-40-43(37(35)28-15-21-32(50-3)22-16-28)38(45)34(51-40)24-29-23-33(26-11-7-5-8-12-26)42(36(29)27-13-9-6-10-14-27)30-17-19-31(20-18-30)44(47)48/h5-24,37H,4H2,1-3H3/b34-24-/t37-/m1/s1. The molecule has 0 radical (unpaired) electrons. The van der Waals surface area contributed by atoms with Crippen LogP contribution in [0.5, 0.6) is 0 Å². The molecule has 0 aliphatic carbocycles. The van der Waals surface area contributed by atoms with Gasteiger partial charge < -0.3 is 9.30 Å². The minimum Gasteiger partial charge on any atom is -0.463 e. The van der Waals surface area contributed by atoms with E-state index < -0.39 is 16.9 Å². The van der Waals surface area contributed by atoms with Gasteiger partial charge in [0.2, 0.25) is 0 Å². The number of thiazole rings is 1. The molecule has 9 nitrogen and oxygen atoms in total. The van der Waals surface area contributed by atoms with E-state index in [4.69, 9.17) is 9.73 Å². The van der Waals surface area contributed by atoms with Crippen molar-refractivity contribution in [3.8, 4) is 28.2 Å². The number of hydrogen-bond acceptors (Lipinski definition) is 8. The molecule has 0 unspecified atom stereocenters. The minimum atomic E-state index is -0.725. The second kappa shape index (κ2) is 14.2. The third-order valence-corrected chi connectivity index (χ3v) is 10.4. The average Bonchev–Trinajstić information content (AvgIpc) is 3.68. The molecule has 0 amide bonds. The van der Waals surface area contributed by atoms with Crippen LogP contribution >= 0.6 is 23.1 Å². The van der Waals surface area contributed by atoms with Gasteiger partial charge in [0.15, 0.2) is 4.80 Å². The van der Waals surface area contributed by atoms with Gasteiger partial charge in [-0.15, -0.1) is 11.8 Å². The zero-order chi connectivity index (χ0) is 35.6. The predicted molar refractivity (Wildman–Crippen MR) is 202 cm³/mol. The van der Waals surface area contributed by atoms with Crippen molar-refractivity contribution < 1.29 is 14.5 Å². The van der Waals surface area contributed by atoms with Gasteiger partial charge in [-0.1, -0.05) is 84.1 Å². The van der Waals surface area contributed by atoms with Gasteiger partial charge in [0.1, 0.15) is 0 Å². The molecule has 4 aromatic carbocycles. The van der Waals surface area contributed by atoms with Crippen LogP contribution in [0.3, 0.4) is 0 Å². The summed E-state index contributed by atoms with van der Waals surface area (Å²) in [6.07, 6.45) is 3.87. The fourth-order valence-electron chi connectivity index (χ4n) is 6.38. The lowest BCUT2D eigenvalue weighted by atomic mass is 9.96. The highest BCUT2D eigenvalue weighted by Crippen LogP contribution is 2.37. The fraction of sp³-hybridized carbons (Fsp3) is 0.125. The van der Waals surface area contributed by atoms with Crippen LogP contribution in [0.2, 0.25) is 0 Å². The molecule has 0 bridgehead atoms. The Kier molecular flexibility index (Phi) is 9.40. The van der Waals surface area contributed by atoms with E-state index in [9.17, 15) is 19.7 Å². The zero-order valence-corrected chi connectivity index (χ0v) is 29.6. The summed E-state index contributed by atoms with van der Waals surface area (Å²) in [5, 5.41) is 11.5. The number of thioether (sulfide) groups is 1. The van der Waals surface area contributed by atoms with Crippen molar-refractivity contribution in [1.29, 1.82) is 0 Å². The van der Waals surface area contributed by atoms with E-state index in [-0.39, 0.29) is 17.9 Å². The average molecular weight is 713 g/mol. The summed E-state index contributed by atoms with van der Waals surface area (Å²) in [4.78, 5) is 45.4. The molecule has 1 atom stereocenters. The summed E-state index contributed by atoms with van der Waals surface area (Å²) < 4.78 is 9.57. The Morgan fingerprint density at radius 1 is 0.961 bits per heavy atom. The van der Waals surface area contributed by atoms with Crippen molar-refractivity contribution in [3.63, 3.8) is 0 Å². The lowest BCUT2D eigenvalue weighted by Gasteiger charge is -2.24. The summed E-state index contributed by atoms with van der Waals surface area (Å²) >= 11 is 2.87. The van der Waals surface area contributed by atoms with Crippen LogP contribution in [0, 0.1) is 10.1 Å². The van der Waals surface area contributed by atoms with Gasteiger partial charge >= 0.3 is 5.97 Å². The monoisotopic (exact) mass is 712 g/mol. The first-order valence-corrected chi connectivity index (χ1v) is 18.3. The third kappa shape index (κ3) is 6.37. The van der Waals surface area contributed by atoms with Gasteiger partial charge in [0, 0.05) is 28.3 Å². The van der Waals surface area contributed by atoms with Crippen molar-refractivity contribution in [2.45, 2.75) is 24.8 Å². The number of nitrogens with zero attached hydrogens (tertiary/aromatic N) is 4. The first-order chi connectivity index (χ1) is 24.8. The van der Waals surface area contributed by atoms with Gasteiger partial charge in [-0.3, -0.25) is 19.5 Å². The third-order valence-electron chi connectivity index (χ3n) is 8.70. The number of rotatable bonds is 9. The van der Waals surface area contributed by atoms with Crippen molar-refractivity contribution in [2.24, 2.45) is 4.99 Å². The van der Waals surface area contributed by atoms with Gasteiger partial charge in [-0.05, 0) is 73.2 Å². The second-order valence-electron chi connectivity index (χ2n) is 11.7. The lowest BCUT2D eigenvalue weighted by molar-refractivity contribution is -0.384. The van der Waals surface area contributed by atoms with E-state index in [0.717, 1.165) is 44.2 Å². The molecule has 3 heterocycles. The maximum atomic E-state index is 14.6. The van der Waals surface area contributed by atoms with Crippen LogP contribution in [0.1, 0.15) is 31.0 Å². The number of benzene rings is 4. The highest BCUT2D eigenvalue weighted by Gasteiger charge is 2.33. The van der Waals surface area contributed by atoms with Crippen LogP contribution in [0.25, 0.3) is 34.3 Å². The van der Waals surface area contributed by atoms with E-state index in [2.05, 4.69) is 4.57 Å². The molecule has 1 aliphatic rings. The molecule has 6 aromatic rings. The van der Waals surface area contributed by atoms with E-state index >= 15 is 0 Å². The number of hydrogen-bond donors (Lipinski definition) is 0. The number of carbonyl (C=O) groups is 1. The highest BCUT2D eigenvalue weighted by molar-refractivity contribution is 7.98. The Bertz CT molecular complexity index is 2480. The number of nitro benzene ring substituents is 1. The van der Waals surface area contributed by atoms with E-state index in [1.807, 2.05) is 103 Å². The maximum absolute atomic E-state index is 14.6. The van der Waals surface area contributed by atoms with Crippen LogP contribution in [0.15, 0.2) is 141 Å². The van der Waals surface area contributed by atoms with Crippen molar-refractivity contribution >= 4 is 40.8 Å². The first kappa shape index (κ1) is 33.7. The first-order valence-electron chi connectivity index (χ1n) is 16.2. The van der Waals surface area contributed by atoms with Gasteiger partial charge in [0.25, 0.3) is 11.2 Å². The molecule has 11 heteroatoms. The van der Waals surface area contributed by atoms with Crippen LogP contribution in [-0.2, 0) is 9.53 Å². The highest BCUT2D eigenvalue weighted by atomic mass is 32.2. The summed E-state index contributed by atoms with van der Waals surface area (Å²) in [5.41, 5.74) is 6.28. The SMILES string of the molecule is CCOC(=O)C1=C(C)N=c2s/c(=C\c3cc(-c4ccccc4)n(-c4ccc([N+](=O)[O-])cc4)c3-c3ccccc3)c(=O)n2[C@@H]1c1ccc(SC)cc1. The number of carbonyl (C=O) groups excluding carboxylic acids is 1. The molecule has 0 N–H and O–H groups in total. The summed E-state index contributed by atoms with van der Waals surface area (Å²) in [5.74, 6) is -0.508. The predicted octanol–water partition coefficient (Wildman–Crippen LogP) is 7.55.